The number of hydrogen-bond acceptors (Lipinski definition) is 7. The van der Waals surface area contributed by atoms with Crippen LogP contribution in [0, 0.1) is 23.6 Å². The third kappa shape index (κ3) is 4.45. The van der Waals surface area contributed by atoms with Crippen molar-refractivity contribution in [2.24, 2.45) is 17.8 Å². The first kappa shape index (κ1) is 20.1. The van der Waals surface area contributed by atoms with Gasteiger partial charge in [0.1, 0.15) is 12.3 Å². The third-order valence-electron chi connectivity index (χ3n) is 5.34. The standard InChI is InChI=1S/C18H26FN3O4S/c1-9(2)11-5-4-10(3)6-13(11)25-16(23)17-26-14(8-27-17)22-7-12(19)15(20)21-18(22)24/h7,9-11,13-14,17H,4-6,8H2,1-3H3,(H2,20,21,24)/t10-,11+,13-,14+,17+/m0/s1. The molecule has 5 atom stereocenters. The molecule has 27 heavy (non-hydrogen) atoms. The van der Waals surface area contributed by atoms with Gasteiger partial charge in [-0.2, -0.15) is 4.98 Å². The van der Waals surface area contributed by atoms with E-state index in [1.54, 1.807) is 0 Å². The topological polar surface area (TPSA) is 96.4 Å². The van der Waals surface area contributed by atoms with E-state index in [1.165, 1.54) is 11.8 Å². The highest BCUT2D eigenvalue weighted by Crippen LogP contribution is 2.37. The highest BCUT2D eigenvalue weighted by atomic mass is 32.2. The Kier molecular flexibility index (Phi) is 6.10. The molecule has 0 amide bonds. The maximum Gasteiger partial charge on any atom is 0.351 e. The van der Waals surface area contributed by atoms with Crippen molar-refractivity contribution in [3.8, 4) is 0 Å². The van der Waals surface area contributed by atoms with E-state index in [0.29, 0.717) is 23.5 Å². The van der Waals surface area contributed by atoms with Gasteiger partial charge in [0.15, 0.2) is 11.6 Å². The number of nitrogens with two attached hydrogens (primary N) is 1. The lowest BCUT2D eigenvalue weighted by atomic mass is 9.75. The first-order valence-corrected chi connectivity index (χ1v) is 10.3. The van der Waals surface area contributed by atoms with Gasteiger partial charge in [-0.3, -0.25) is 4.57 Å². The van der Waals surface area contributed by atoms with E-state index >= 15 is 0 Å². The van der Waals surface area contributed by atoms with Crippen molar-refractivity contribution >= 4 is 23.5 Å². The van der Waals surface area contributed by atoms with Crippen LogP contribution in [0.4, 0.5) is 10.2 Å². The Labute approximate surface area is 161 Å². The van der Waals surface area contributed by atoms with Gasteiger partial charge in [-0.15, -0.1) is 11.8 Å². The summed E-state index contributed by atoms with van der Waals surface area (Å²) in [7, 11) is 0. The van der Waals surface area contributed by atoms with E-state index in [2.05, 4.69) is 25.8 Å². The summed E-state index contributed by atoms with van der Waals surface area (Å²) in [5.74, 6) is -0.0872. The van der Waals surface area contributed by atoms with Gasteiger partial charge in [-0.1, -0.05) is 27.2 Å². The number of nitrogens with zero attached hydrogens (tertiary/aromatic N) is 2. The molecule has 1 saturated carbocycles. The molecule has 7 nitrogen and oxygen atoms in total. The predicted octanol–water partition coefficient (Wildman–Crippen LogP) is 2.56. The maximum atomic E-state index is 13.6. The smallest absolute Gasteiger partial charge is 0.351 e. The lowest BCUT2D eigenvalue weighted by molar-refractivity contribution is -0.166. The molecular formula is C18H26FN3O4S. The Balaban J connectivity index is 1.65. The Morgan fingerprint density at radius 2 is 2.22 bits per heavy atom. The van der Waals surface area contributed by atoms with E-state index in [1.807, 2.05) is 0 Å². The summed E-state index contributed by atoms with van der Waals surface area (Å²) < 4.78 is 26.1. The number of anilines is 1. The third-order valence-corrected chi connectivity index (χ3v) is 6.42. The summed E-state index contributed by atoms with van der Waals surface area (Å²) in [6.07, 6.45) is 3.09. The van der Waals surface area contributed by atoms with Crippen LogP contribution < -0.4 is 11.4 Å². The van der Waals surface area contributed by atoms with Gasteiger partial charge in [-0.05, 0) is 30.6 Å². The first-order valence-electron chi connectivity index (χ1n) is 9.28. The van der Waals surface area contributed by atoms with Gasteiger partial charge in [-0.25, -0.2) is 14.0 Å². The predicted molar refractivity (Wildman–Crippen MR) is 100 cm³/mol. The zero-order valence-electron chi connectivity index (χ0n) is 15.8. The molecule has 1 aromatic rings. The SMILES string of the molecule is CC(C)[C@H]1CC[C@H](C)C[C@@H]1OC(=O)[C@@H]1O[C@@H](n2cc(F)c(N)nc2=O)CS1. The zero-order chi connectivity index (χ0) is 19.7. The minimum atomic E-state index is -0.840. The van der Waals surface area contributed by atoms with Crippen LogP contribution in [0.1, 0.15) is 46.3 Å². The molecule has 1 saturated heterocycles. The minimum absolute atomic E-state index is 0.122. The highest BCUT2D eigenvalue weighted by molar-refractivity contribution is 8.00. The fourth-order valence-corrected chi connectivity index (χ4v) is 4.76. The number of hydrogen-bond donors (Lipinski definition) is 1. The Morgan fingerprint density at radius 3 is 2.93 bits per heavy atom. The molecular weight excluding hydrogens is 373 g/mol. The summed E-state index contributed by atoms with van der Waals surface area (Å²) in [5, 5.41) is 0. The van der Waals surface area contributed by atoms with Gasteiger partial charge < -0.3 is 15.2 Å². The number of ether oxygens (including phenoxy) is 2. The fourth-order valence-electron chi connectivity index (χ4n) is 3.78. The van der Waals surface area contributed by atoms with Crippen LogP contribution in [0.25, 0.3) is 0 Å². The zero-order valence-corrected chi connectivity index (χ0v) is 16.6. The van der Waals surface area contributed by atoms with Gasteiger partial charge in [0, 0.05) is 5.75 Å². The average Bonchev–Trinajstić information content (AvgIpc) is 3.08. The molecule has 0 radical (unpaired) electrons. The molecule has 0 unspecified atom stereocenters. The van der Waals surface area contributed by atoms with Crippen LogP contribution in [0.15, 0.2) is 11.0 Å². The quantitative estimate of drug-likeness (QED) is 0.777. The van der Waals surface area contributed by atoms with Crippen molar-refractivity contribution < 1.29 is 18.7 Å². The van der Waals surface area contributed by atoms with E-state index in [0.717, 1.165) is 30.0 Å². The van der Waals surface area contributed by atoms with Crippen molar-refractivity contribution in [2.75, 3.05) is 11.5 Å². The van der Waals surface area contributed by atoms with Crippen molar-refractivity contribution in [2.45, 2.75) is 57.8 Å². The second kappa shape index (κ2) is 8.18. The second-order valence-corrected chi connectivity index (χ2v) is 8.82. The van der Waals surface area contributed by atoms with E-state index in [4.69, 9.17) is 15.2 Å². The van der Waals surface area contributed by atoms with Gasteiger partial charge in [0.05, 0.1) is 6.20 Å². The number of thioether (sulfide) groups is 1. The van der Waals surface area contributed by atoms with Crippen molar-refractivity contribution in [3.63, 3.8) is 0 Å². The normalized spacial score (nSPS) is 31.2. The summed E-state index contributed by atoms with van der Waals surface area (Å²) in [6, 6.07) is 0. The van der Waals surface area contributed by atoms with Crippen LogP contribution in [-0.2, 0) is 14.3 Å². The van der Waals surface area contributed by atoms with E-state index < -0.39 is 35.0 Å². The van der Waals surface area contributed by atoms with Crippen LogP contribution in [0.5, 0.6) is 0 Å². The average molecular weight is 399 g/mol. The number of aromatic nitrogens is 2. The number of esters is 1. The molecule has 2 aliphatic rings. The van der Waals surface area contributed by atoms with Crippen LogP contribution in [-0.4, -0.2) is 32.8 Å². The maximum absolute atomic E-state index is 13.6. The molecule has 2 heterocycles. The Hall–Kier alpha value is -1.61. The molecule has 1 aromatic heterocycles. The van der Waals surface area contributed by atoms with Crippen LogP contribution in [0.3, 0.4) is 0 Å². The molecule has 0 bridgehead atoms. The molecule has 2 N–H and O–H groups in total. The minimum Gasteiger partial charge on any atom is -0.459 e. The van der Waals surface area contributed by atoms with Gasteiger partial charge >= 0.3 is 11.7 Å². The van der Waals surface area contributed by atoms with Crippen molar-refractivity contribution in [1.82, 2.24) is 9.55 Å². The largest absolute Gasteiger partial charge is 0.459 e. The van der Waals surface area contributed by atoms with Crippen molar-refractivity contribution in [1.29, 1.82) is 0 Å². The molecule has 0 spiro atoms. The summed E-state index contributed by atoms with van der Waals surface area (Å²) in [5.41, 5.74) is 3.74. The van der Waals surface area contributed by atoms with Crippen LogP contribution >= 0.6 is 11.8 Å². The summed E-state index contributed by atoms with van der Waals surface area (Å²) in [6.45, 7) is 6.46. The van der Waals surface area contributed by atoms with E-state index in [9.17, 15) is 14.0 Å². The Morgan fingerprint density at radius 1 is 1.48 bits per heavy atom. The number of rotatable bonds is 4. The molecule has 1 aliphatic heterocycles. The summed E-state index contributed by atoms with van der Waals surface area (Å²) in [4.78, 5) is 28.0. The lowest BCUT2D eigenvalue weighted by Gasteiger charge is -2.37. The molecule has 150 valence electrons. The van der Waals surface area contributed by atoms with Gasteiger partial charge in [0.25, 0.3) is 0 Å². The molecule has 1 aliphatic carbocycles. The Bertz CT molecular complexity index is 757. The van der Waals surface area contributed by atoms with Crippen molar-refractivity contribution in [3.05, 3.63) is 22.5 Å². The molecule has 2 fully saturated rings. The summed E-state index contributed by atoms with van der Waals surface area (Å²) >= 11 is 1.23. The highest BCUT2D eigenvalue weighted by Gasteiger charge is 2.39. The molecule has 3 rings (SSSR count). The van der Waals surface area contributed by atoms with E-state index in [-0.39, 0.29) is 6.10 Å². The lowest BCUT2D eigenvalue weighted by Crippen LogP contribution is -2.38. The number of nitrogen functional groups attached to an aromatic ring is 1. The fraction of sp³-hybridized carbons (Fsp3) is 0.722. The van der Waals surface area contributed by atoms with Gasteiger partial charge in [0.2, 0.25) is 5.44 Å². The monoisotopic (exact) mass is 399 g/mol. The van der Waals surface area contributed by atoms with Crippen LogP contribution in [0.2, 0.25) is 0 Å². The molecule has 0 aromatic carbocycles. The number of halogens is 1. The number of carbonyl (C=O) groups is 1. The number of carbonyl (C=O) groups excluding carboxylic acids is 1. The second-order valence-electron chi connectivity index (χ2n) is 7.72. The first-order chi connectivity index (χ1) is 12.8. The molecule has 9 heteroatoms.